The molecule has 0 unspecified atom stereocenters. The van der Waals surface area contributed by atoms with Gasteiger partial charge >= 0.3 is 6.18 Å². The zero-order chi connectivity index (χ0) is 23.8. The maximum absolute atomic E-state index is 13.0. The number of rotatable bonds is 5. The minimum Gasteiger partial charge on any atom is -0.497 e. The summed E-state index contributed by atoms with van der Waals surface area (Å²) in [4.78, 5) is 17.0. The molecule has 2 aromatic carbocycles. The van der Waals surface area contributed by atoms with Gasteiger partial charge < -0.3 is 10.1 Å². The van der Waals surface area contributed by atoms with Crippen LogP contribution in [0, 0.1) is 6.92 Å². The molecule has 6 nitrogen and oxygen atoms in total. The summed E-state index contributed by atoms with van der Waals surface area (Å²) in [6.07, 6.45) is -2.94. The summed E-state index contributed by atoms with van der Waals surface area (Å²) in [5.74, 6) is 0.138. The molecule has 0 saturated carbocycles. The number of amides is 1. The smallest absolute Gasteiger partial charge is 0.416 e. The molecule has 0 aliphatic heterocycles. The quantitative estimate of drug-likeness (QED) is 0.401. The SMILES string of the molecule is COc1ccc(-c2ccnc3c2c(C)nn3CC(=O)Nc2cc(C(F)(F)F)ccc2Cl)cc1. The Balaban J connectivity index is 1.63. The van der Waals surface area contributed by atoms with Crippen molar-refractivity contribution in [3.63, 3.8) is 0 Å². The highest BCUT2D eigenvalue weighted by Gasteiger charge is 2.31. The molecule has 1 amide bonds. The van der Waals surface area contributed by atoms with Gasteiger partial charge in [0.1, 0.15) is 12.3 Å². The number of pyridine rings is 1. The number of carbonyl (C=O) groups is 1. The number of alkyl halides is 3. The second kappa shape index (κ2) is 8.74. The van der Waals surface area contributed by atoms with Crippen LogP contribution in [0.2, 0.25) is 5.02 Å². The van der Waals surface area contributed by atoms with Gasteiger partial charge in [-0.05, 0) is 54.4 Å². The van der Waals surface area contributed by atoms with Crippen LogP contribution in [-0.2, 0) is 17.5 Å². The van der Waals surface area contributed by atoms with Crippen molar-refractivity contribution in [2.75, 3.05) is 12.4 Å². The van der Waals surface area contributed by atoms with E-state index in [2.05, 4.69) is 15.4 Å². The third-order valence-electron chi connectivity index (χ3n) is 5.07. The third-order valence-corrected chi connectivity index (χ3v) is 5.40. The van der Waals surface area contributed by atoms with Gasteiger partial charge in [-0.15, -0.1) is 0 Å². The van der Waals surface area contributed by atoms with E-state index in [4.69, 9.17) is 16.3 Å². The normalized spacial score (nSPS) is 11.6. The maximum Gasteiger partial charge on any atom is 0.416 e. The van der Waals surface area contributed by atoms with Gasteiger partial charge in [0.2, 0.25) is 5.91 Å². The van der Waals surface area contributed by atoms with E-state index in [0.29, 0.717) is 11.3 Å². The van der Waals surface area contributed by atoms with Crippen LogP contribution in [0.5, 0.6) is 5.75 Å². The van der Waals surface area contributed by atoms with Gasteiger partial charge in [0.05, 0.1) is 29.1 Å². The van der Waals surface area contributed by atoms with Crippen molar-refractivity contribution in [2.45, 2.75) is 19.6 Å². The van der Waals surface area contributed by atoms with Crippen LogP contribution >= 0.6 is 11.6 Å². The molecule has 0 fully saturated rings. The Morgan fingerprint density at radius 1 is 1.15 bits per heavy atom. The Bertz CT molecular complexity index is 1330. The molecular weight excluding hydrogens is 457 g/mol. The number of hydrogen-bond donors (Lipinski definition) is 1. The number of fused-ring (bicyclic) bond motifs is 1. The lowest BCUT2D eigenvalue weighted by molar-refractivity contribution is -0.137. The van der Waals surface area contributed by atoms with Crippen molar-refractivity contribution in [3.05, 3.63) is 71.0 Å². The second-order valence-electron chi connectivity index (χ2n) is 7.27. The lowest BCUT2D eigenvalue weighted by atomic mass is 10.0. The molecule has 4 aromatic rings. The summed E-state index contributed by atoms with van der Waals surface area (Å²) in [6, 6.07) is 12.1. The monoisotopic (exact) mass is 474 g/mol. The molecule has 0 bridgehead atoms. The van der Waals surface area contributed by atoms with Crippen LogP contribution in [-0.4, -0.2) is 27.8 Å². The third kappa shape index (κ3) is 4.63. The van der Waals surface area contributed by atoms with E-state index < -0.39 is 17.6 Å². The zero-order valence-corrected chi connectivity index (χ0v) is 18.3. The number of anilines is 1. The highest BCUT2D eigenvalue weighted by atomic mass is 35.5. The number of ether oxygens (including phenoxy) is 1. The van der Waals surface area contributed by atoms with Crippen molar-refractivity contribution in [1.29, 1.82) is 0 Å². The van der Waals surface area contributed by atoms with Gasteiger partial charge in [-0.25, -0.2) is 9.67 Å². The standard InChI is InChI=1S/C23H18ClF3N4O2/c1-13-21-17(14-3-6-16(33-2)7-4-14)9-10-28-22(21)31(30-13)12-20(32)29-19-11-15(23(25,26)27)5-8-18(19)24/h3-11H,12H2,1-2H3,(H,29,32). The summed E-state index contributed by atoms with van der Waals surface area (Å²) in [5, 5.41) is 7.63. The molecule has 170 valence electrons. The molecule has 0 aliphatic rings. The lowest BCUT2D eigenvalue weighted by Gasteiger charge is -2.12. The molecule has 2 heterocycles. The number of hydrogen-bond acceptors (Lipinski definition) is 4. The lowest BCUT2D eigenvalue weighted by Crippen LogP contribution is -2.20. The fraction of sp³-hybridized carbons (Fsp3) is 0.174. The van der Waals surface area contributed by atoms with E-state index in [0.717, 1.165) is 40.5 Å². The highest BCUT2D eigenvalue weighted by molar-refractivity contribution is 6.33. The minimum absolute atomic E-state index is 0.00206. The van der Waals surface area contributed by atoms with Crippen molar-refractivity contribution < 1.29 is 22.7 Å². The molecule has 0 radical (unpaired) electrons. The Morgan fingerprint density at radius 3 is 2.55 bits per heavy atom. The van der Waals surface area contributed by atoms with Crippen LogP contribution < -0.4 is 10.1 Å². The van der Waals surface area contributed by atoms with E-state index in [-0.39, 0.29) is 17.3 Å². The molecule has 0 spiro atoms. The summed E-state index contributed by atoms with van der Waals surface area (Å²) in [5.41, 5.74) is 1.91. The van der Waals surface area contributed by atoms with Crippen molar-refractivity contribution >= 4 is 34.2 Å². The van der Waals surface area contributed by atoms with Gasteiger partial charge in [-0.3, -0.25) is 4.79 Å². The molecular formula is C23H18ClF3N4O2. The number of aryl methyl sites for hydroxylation is 1. The number of aromatic nitrogens is 3. The fourth-order valence-corrected chi connectivity index (χ4v) is 3.69. The van der Waals surface area contributed by atoms with Crippen molar-refractivity contribution in [1.82, 2.24) is 14.8 Å². The summed E-state index contributed by atoms with van der Waals surface area (Å²) in [6.45, 7) is 1.55. The van der Waals surface area contributed by atoms with Crippen LogP contribution in [0.4, 0.5) is 18.9 Å². The topological polar surface area (TPSA) is 69.0 Å². The first-order valence-corrected chi connectivity index (χ1v) is 10.2. The number of halogens is 4. The van der Waals surface area contributed by atoms with Crippen LogP contribution in [0.1, 0.15) is 11.3 Å². The Morgan fingerprint density at radius 2 is 1.88 bits per heavy atom. The van der Waals surface area contributed by atoms with E-state index in [9.17, 15) is 18.0 Å². The number of carbonyl (C=O) groups excluding carboxylic acids is 1. The largest absolute Gasteiger partial charge is 0.497 e. The molecule has 10 heteroatoms. The van der Waals surface area contributed by atoms with Gasteiger partial charge in [0.15, 0.2) is 5.65 Å². The maximum atomic E-state index is 13.0. The summed E-state index contributed by atoms with van der Waals surface area (Å²) in [7, 11) is 1.59. The summed E-state index contributed by atoms with van der Waals surface area (Å²) >= 11 is 5.98. The zero-order valence-electron chi connectivity index (χ0n) is 17.6. The van der Waals surface area contributed by atoms with Gasteiger partial charge in [0, 0.05) is 11.6 Å². The predicted molar refractivity (Wildman–Crippen MR) is 119 cm³/mol. The second-order valence-corrected chi connectivity index (χ2v) is 7.68. The summed E-state index contributed by atoms with van der Waals surface area (Å²) < 4.78 is 45.6. The number of methoxy groups -OCH3 is 1. The molecule has 0 atom stereocenters. The van der Waals surface area contributed by atoms with Gasteiger partial charge in [-0.1, -0.05) is 23.7 Å². The molecule has 33 heavy (non-hydrogen) atoms. The van der Waals surface area contributed by atoms with E-state index in [1.165, 1.54) is 4.68 Å². The number of nitrogens with one attached hydrogen (secondary N) is 1. The number of nitrogens with zero attached hydrogens (tertiary/aromatic N) is 3. The van der Waals surface area contributed by atoms with Crippen LogP contribution in [0.3, 0.4) is 0 Å². The molecule has 0 saturated heterocycles. The Hall–Kier alpha value is -3.59. The molecule has 4 rings (SSSR count). The first-order valence-electron chi connectivity index (χ1n) is 9.80. The van der Waals surface area contributed by atoms with E-state index in [1.54, 1.807) is 20.2 Å². The van der Waals surface area contributed by atoms with Crippen LogP contribution in [0.15, 0.2) is 54.7 Å². The van der Waals surface area contributed by atoms with Gasteiger partial charge in [0.25, 0.3) is 0 Å². The van der Waals surface area contributed by atoms with Crippen molar-refractivity contribution in [3.8, 4) is 16.9 Å². The van der Waals surface area contributed by atoms with E-state index in [1.807, 2.05) is 30.3 Å². The average Bonchev–Trinajstić information content (AvgIpc) is 3.10. The van der Waals surface area contributed by atoms with Crippen LogP contribution in [0.25, 0.3) is 22.2 Å². The highest BCUT2D eigenvalue weighted by Crippen LogP contribution is 2.34. The first kappa shape index (κ1) is 22.6. The average molecular weight is 475 g/mol. The van der Waals surface area contributed by atoms with Crippen molar-refractivity contribution in [2.24, 2.45) is 0 Å². The molecule has 2 aromatic heterocycles. The minimum atomic E-state index is -4.55. The Kier molecular flexibility index (Phi) is 5.99. The molecule has 0 aliphatic carbocycles. The predicted octanol–water partition coefficient (Wildman–Crippen LogP) is 5.73. The Labute approximate surface area is 192 Å². The molecule has 1 N–H and O–H groups in total. The van der Waals surface area contributed by atoms with Gasteiger partial charge in [-0.2, -0.15) is 18.3 Å². The fourth-order valence-electron chi connectivity index (χ4n) is 3.53. The van der Waals surface area contributed by atoms with E-state index >= 15 is 0 Å². The number of benzene rings is 2. The first-order chi connectivity index (χ1) is 15.7.